The fourth-order valence-electron chi connectivity index (χ4n) is 1.66. The quantitative estimate of drug-likeness (QED) is 0.320. The Morgan fingerprint density at radius 1 is 0.600 bits per heavy atom. The van der Waals surface area contributed by atoms with Crippen LogP contribution in [0.4, 0.5) is 0 Å². The first-order chi connectivity index (χ1) is 14.3. The molecule has 0 radical (unpaired) electrons. The van der Waals surface area contributed by atoms with Crippen molar-refractivity contribution in [2.24, 2.45) is 0 Å². The van der Waals surface area contributed by atoms with Gasteiger partial charge >= 0.3 is 11.9 Å². The van der Waals surface area contributed by atoms with Crippen LogP contribution in [0.15, 0.2) is 48.5 Å². The molecule has 0 unspecified atom stereocenters. The zero-order valence-electron chi connectivity index (χ0n) is 16.2. The Morgan fingerprint density at radius 3 is 1.13 bits per heavy atom. The summed E-state index contributed by atoms with van der Waals surface area (Å²) in [5.41, 5.74) is 0.357. The molecule has 0 saturated heterocycles. The molecule has 10 heteroatoms. The van der Waals surface area contributed by atoms with Crippen molar-refractivity contribution >= 4 is 11.9 Å². The molecule has 0 amide bonds. The molecule has 166 valence electrons. The largest absolute Gasteiger partial charge is 0.508 e. The molecule has 10 nitrogen and oxygen atoms in total. The lowest BCUT2D eigenvalue weighted by molar-refractivity contribution is 0.0222. The molecule has 2 rings (SSSR count). The van der Waals surface area contributed by atoms with Crippen LogP contribution < -0.4 is 0 Å². The predicted molar refractivity (Wildman–Crippen MR) is 106 cm³/mol. The van der Waals surface area contributed by atoms with Crippen LogP contribution in [-0.2, 0) is 9.47 Å². The van der Waals surface area contributed by atoms with E-state index in [9.17, 15) is 9.59 Å². The van der Waals surface area contributed by atoms with Gasteiger partial charge in [0, 0.05) is 0 Å². The van der Waals surface area contributed by atoms with Crippen LogP contribution in [0.2, 0.25) is 0 Å². The summed E-state index contributed by atoms with van der Waals surface area (Å²) in [6.07, 6.45) is 0. The molecular weight excluding hydrogens is 400 g/mol. The van der Waals surface area contributed by atoms with Crippen LogP contribution in [0.25, 0.3) is 0 Å². The van der Waals surface area contributed by atoms with Crippen LogP contribution in [0.3, 0.4) is 0 Å². The highest BCUT2D eigenvalue weighted by atomic mass is 16.5. The maximum Gasteiger partial charge on any atom is 0.335 e. The van der Waals surface area contributed by atoms with E-state index in [1.165, 1.54) is 48.5 Å². The Bertz CT molecular complexity index is 650. The molecule has 2 aromatic rings. The number of carboxylic acids is 2. The predicted octanol–water partition coefficient (Wildman–Crippen LogP) is 1.18. The Hall–Kier alpha value is -3.18. The van der Waals surface area contributed by atoms with Gasteiger partial charge in [0.05, 0.1) is 50.8 Å². The van der Waals surface area contributed by atoms with E-state index in [1.807, 2.05) is 0 Å². The molecule has 0 aliphatic heterocycles. The summed E-state index contributed by atoms with van der Waals surface area (Å²) in [4.78, 5) is 20.5. The SMILES string of the molecule is O=C(O)c1ccc(O)cc1.O=C(O)c1ccc(O)cc1.OCCOCCOCCO. The smallest absolute Gasteiger partial charge is 0.335 e. The third kappa shape index (κ3) is 13.9. The number of aromatic hydroxyl groups is 2. The highest BCUT2D eigenvalue weighted by Gasteiger charge is 2.00. The van der Waals surface area contributed by atoms with E-state index in [0.717, 1.165) is 0 Å². The van der Waals surface area contributed by atoms with Crippen molar-refractivity contribution in [3.63, 3.8) is 0 Å². The fraction of sp³-hybridized carbons (Fsp3) is 0.300. The van der Waals surface area contributed by atoms with E-state index in [-0.39, 0.29) is 35.8 Å². The first kappa shape index (κ1) is 26.8. The zero-order chi connectivity index (χ0) is 22.8. The number of benzene rings is 2. The van der Waals surface area contributed by atoms with Gasteiger partial charge in [-0.05, 0) is 48.5 Å². The van der Waals surface area contributed by atoms with Gasteiger partial charge in [-0.3, -0.25) is 0 Å². The second-order valence-electron chi connectivity index (χ2n) is 5.38. The first-order valence-electron chi connectivity index (χ1n) is 8.73. The van der Waals surface area contributed by atoms with Gasteiger partial charge in [0.15, 0.2) is 0 Å². The van der Waals surface area contributed by atoms with Crippen molar-refractivity contribution in [1.82, 2.24) is 0 Å². The number of carbonyl (C=O) groups is 2. The molecule has 0 aliphatic rings. The molecule has 0 fully saturated rings. The molecule has 0 bridgehead atoms. The van der Waals surface area contributed by atoms with Gasteiger partial charge < -0.3 is 40.1 Å². The van der Waals surface area contributed by atoms with Crippen molar-refractivity contribution in [3.8, 4) is 11.5 Å². The molecule has 2 aromatic carbocycles. The minimum absolute atomic E-state index is 0.0417. The van der Waals surface area contributed by atoms with Gasteiger partial charge in [0.2, 0.25) is 0 Å². The van der Waals surface area contributed by atoms with E-state index in [4.69, 9.17) is 40.1 Å². The maximum atomic E-state index is 10.2. The molecule has 6 N–H and O–H groups in total. The molecule has 0 spiro atoms. The van der Waals surface area contributed by atoms with Crippen LogP contribution in [0.5, 0.6) is 11.5 Å². The molecule has 0 aromatic heterocycles. The highest BCUT2D eigenvalue weighted by Crippen LogP contribution is 2.09. The topological polar surface area (TPSA) is 174 Å². The first-order valence-corrected chi connectivity index (χ1v) is 8.73. The molecule has 0 aliphatic carbocycles. The Morgan fingerprint density at radius 2 is 0.900 bits per heavy atom. The third-order valence-electron chi connectivity index (χ3n) is 3.07. The average molecular weight is 426 g/mol. The van der Waals surface area contributed by atoms with Crippen molar-refractivity contribution in [1.29, 1.82) is 0 Å². The van der Waals surface area contributed by atoms with Crippen LogP contribution in [-0.4, -0.2) is 82.2 Å². The molecule has 30 heavy (non-hydrogen) atoms. The second kappa shape index (κ2) is 16.7. The van der Waals surface area contributed by atoms with Gasteiger partial charge in [0.25, 0.3) is 0 Å². The summed E-state index contributed by atoms with van der Waals surface area (Å²) in [5, 5.41) is 50.8. The van der Waals surface area contributed by atoms with Crippen molar-refractivity contribution in [2.45, 2.75) is 0 Å². The number of carboxylic acid groups (broad SMARTS) is 2. The highest BCUT2D eigenvalue weighted by molar-refractivity contribution is 5.88. The van der Waals surface area contributed by atoms with Crippen molar-refractivity contribution in [2.75, 3.05) is 39.6 Å². The minimum Gasteiger partial charge on any atom is -0.508 e. The number of phenols is 2. The van der Waals surface area contributed by atoms with Gasteiger partial charge in [-0.25, -0.2) is 9.59 Å². The molecular formula is C20H26O10. The number of ether oxygens (including phenoxy) is 2. The fourth-order valence-corrected chi connectivity index (χ4v) is 1.66. The van der Waals surface area contributed by atoms with Gasteiger partial charge in [-0.15, -0.1) is 0 Å². The number of aliphatic hydroxyl groups excluding tert-OH is 2. The maximum absolute atomic E-state index is 10.2. The number of rotatable bonds is 9. The number of hydrogen-bond donors (Lipinski definition) is 6. The Labute approximate surface area is 173 Å². The number of aromatic carboxylic acids is 2. The van der Waals surface area contributed by atoms with Gasteiger partial charge in [0.1, 0.15) is 11.5 Å². The second-order valence-corrected chi connectivity index (χ2v) is 5.38. The van der Waals surface area contributed by atoms with Crippen LogP contribution >= 0.6 is 0 Å². The Kier molecular flexibility index (Phi) is 15.0. The normalized spacial score (nSPS) is 9.53. The van der Waals surface area contributed by atoms with E-state index in [1.54, 1.807) is 0 Å². The lowest BCUT2D eigenvalue weighted by atomic mass is 10.2. The monoisotopic (exact) mass is 426 g/mol. The minimum atomic E-state index is -0.986. The standard InChI is InChI=1S/2C7H6O3.C6H14O4/c2*8-6-3-1-5(2-4-6)7(9)10;7-1-3-9-5-6-10-4-2-8/h2*1-4,8H,(H,9,10);7-8H,1-6H2. The number of phenolic OH excluding ortho intramolecular Hbond substituents is 2. The molecule has 0 saturated carbocycles. The number of hydrogen-bond acceptors (Lipinski definition) is 8. The summed E-state index contributed by atoms with van der Waals surface area (Å²) in [7, 11) is 0. The summed E-state index contributed by atoms with van der Waals surface area (Å²) in [6.45, 7) is 1.73. The van der Waals surface area contributed by atoms with E-state index in [0.29, 0.717) is 26.4 Å². The summed E-state index contributed by atoms with van der Waals surface area (Å²) in [6, 6.07) is 10.7. The van der Waals surface area contributed by atoms with E-state index in [2.05, 4.69) is 0 Å². The molecule has 0 atom stereocenters. The summed E-state index contributed by atoms with van der Waals surface area (Å²) in [5.74, 6) is -1.82. The Balaban J connectivity index is 0.000000420. The lowest BCUT2D eigenvalue weighted by Crippen LogP contribution is -2.09. The van der Waals surface area contributed by atoms with Crippen LogP contribution in [0, 0.1) is 0 Å². The third-order valence-corrected chi connectivity index (χ3v) is 3.07. The number of aliphatic hydroxyl groups is 2. The van der Waals surface area contributed by atoms with Gasteiger partial charge in [-0.1, -0.05) is 0 Å². The summed E-state index contributed by atoms with van der Waals surface area (Å²) >= 11 is 0. The van der Waals surface area contributed by atoms with Crippen LogP contribution in [0.1, 0.15) is 20.7 Å². The summed E-state index contributed by atoms with van der Waals surface area (Å²) < 4.78 is 9.75. The van der Waals surface area contributed by atoms with Crippen molar-refractivity contribution < 1.29 is 49.7 Å². The van der Waals surface area contributed by atoms with Gasteiger partial charge in [-0.2, -0.15) is 0 Å². The lowest BCUT2D eigenvalue weighted by Gasteiger charge is -2.01. The van der Waals surface area contributed by atoms with E-state index < -0.39 is 11.9 Å². The average Bonchev–Trinajstić information content (AvgIpc) is 2.72. The van der Waals surface area contributed by atoms with E-state index >= 15 is 0 Å². The molecule has 0 heterocycles. The zero-order valence-corrected chi connectivity index (χ0v) is 16.2. The van der Waals surface area contributed by atoms with Crippen molar-refractivity contribution in [3.05, 3.63) is 59.7 Å².